The van der Waals surface area contributed by atoms with Crippen molar-refractivity contribution in [3.63, 3.8) is 0 Å². The van der Waals surface area contributed by atoms with Crippen LogP contribution < -0.4 is 5.32 Å². The molecular weight excluding hydrogens is 348 g/mol. The Morgan fingerprint density at radius 1 is 1.30 bits per heavy atom. The van der Waals surface area contributed by atoms with Crippen LogP contribution in [0.15, 0.2) is 46.5 Å². The second kappa shape index (κ2) is 7.25. The van der Waals surface area contributed by atoms with Crippen molar-refractivity contribution in [3.05, 3.63) is 62.8 Å². The van der Waals surface area contributed by atoms with Crippen molar-refractivity contribution in [2.75, 3.05) is 0 Å². The third kappa shape index (κ3) is 3.99. The van der Waals surface area contributed by atoms with E-state index in [1.807, 2.05) is 48.0 Å². The van der Waals surface area contributed by atoms with Gasteiger partial charge >= 0.3 is 0 Å². The molecule has 1 N–H and O–H groups in total. The first-order valence-corrected chi connectivity index (χ1v) is 9.34. The second-order valence-corrected chi connectivity index (χ2v) is 7.19. The van der Waals surface area contributed by atoms with Gasteiger partial charge < -0.3 is 5.32 Å². The molecule has 0 bridgehead atoms. The molecule has 23 heavy (non-hydrogen) atoms. The molecule has 0 aliphatic heterocycles. The highest BCUT2D eigenvalue weighted by atomic mass is 35.5. The molecule has 2 heterocycles. The van der Waals surface area contributed by atoms with Gasteiger partial charge in [0.15, 0.2) is 0 Å². The van der Waals surface area contributed by atoms with Crippen LogP contribution in [0.2, 0.25) is 5.02 Å². The van der Waals surface area contributed by atoms with Crippen LogP contribution in [0.1, 0.15) is 24.2 Å². The lowest BCUT2D eigenvalue weighted by Crippen LogP contribution is -2.28. The van der Waals surface area contributed by atoms with Crippen LogP contribution in [0.25, 0.3) is 10.6 Å². The molecular formula is C17H15ClN2OS2. The summed E-state index contributed by atoms with van der Waals surface area (Å²) in [4.78, 5) is 16.7. The molecule has 1 aromatic carbocycles. The molecule has 0 spiro atoms. The topological polar surface area (TPSA) is 42.0 Å². The lowest BCUT2D eigenvalue weighted by atomic mass is 10.1. The zero-order valence-electron chi connectivity index (χ0n) is 12.5. The van der Waals surface area contributed by atoms with Crippen molar-refractivity contribution in [2.45, 2.75) is 19.4 Å². The number of carbonyl (C=O) groups excluding carboxylic acids is 1. The number of nitrogens with zero attached hydrogens (tertiary/aromatic N) is 1. The van der Waals surface area contributed by atoms with Crippen LogP contribution in [0, 0.1) is 0 Å². The Morgan fingerprint density at radius 3 is 2.87 bits per heavy atom. The Kier molecular flexibility index (Phi) is 5.10. The van der Waals surface area contributed by atoms with Crippen molar-refractivity contribution in [2.24, 2.45) is 0 Å². The quantitative estimate of drug-likeness (QED) is 0.698. The van der Waals surface area contributed by atoms with E-state index < -0.39 is 0 Å². The number of thiophene rings is 1. The average Bonchev–Trinajstić information content (AvgIpc) is 3.18. The van der Waals surface area contributed by atoms with E-state index >= 15 is 0 Å². The van der Waals surface area contributed by atoms with Crippen molar-refractivity contribution in [3.8, 4) is 10.6 Å². The fraction of sp³-hybridized carbons (Fsp3) is 0.176. The number of thiazole rings is 1. The molecule has 3 rings (SSSR count). The van der Waals surface area contributed by atoms with Crippen LogP contribution in [-0.4, -0.2) is 10.9 Å². The van der Waals surface area contributed by atoms with Crippen LogP contribution in [0.4, 0.5) is 0 Å². The van der Waals surface area contributed by atoms with Crippen LogP contribution in [0.5, 0.6) is 0 Å². The van der Waals surface area contributed by atoms with Crippen molar-refractivity contribution >= 4 is 40.2 Å². The van der Waals surface area contributed by atoms with Gasteiger partial charge in [-0.05, 0) is 30.0 Å². The summed E-state index contributed by atoms with van der Waals surface area (Å²) in [5, 5.41) is 10.6. The summed E-state index contributed by atoms with van der Waals surface area (Å²) in [5.74, 6) is -0.0559. The first kappa shape index (κ1) is 16.2. The van der Waals surface area contributed by atoms with Gasteiger partial charge in [-0.15, -0.1) is 11.3 Å². The molecule has 0 saturated heterocycles. The summed E-state index contributed by atoms with van der Waals surface area (Å²) >= 11 is 9.36. The lowest BCUT2D eigenvalue weighted by molar-refractivity contribution is -0.121. The third-order valence-corrected chi connectivity index (χ3v) is 5.38. The Bertz CT molecular complexity index is 799. The largest absolute Gasteiger partial charge is 0.349 e. The molecule has 1 amide bonds. The highest BCUT2D eigenvalue weighted by Gasteiger charge is 2.14. The van der Waals surface area contributed by atoms with Gasteiger partial charge in [0.05, 0.1) is 18.2 Å². The molecule has 0 aliphatic rings. The Hall–Kier alpha value is -1.69. The van der Waals surface area contributed by atoms with Gasteiger partial charge in [0.1, 0.15) is 5.01 Å². The molecule has 3 nitrogen and oxygen atoms in total. The molecule has 0 fully saturated rings. The van der Waals surface area contributed by atoms with Crippen LogP contribution in [0.3, 0.4) is 0 Å². The third-order valence-electron chi connectivity index (χ3n) is 3.41. The molecule has 0 saturated carbocycles. The number of amides is 1. The highest BCUT2D eigenvalue weighted by Crippen LogP contribution is 2.26. The molecule has 6 heteroatoms. The number of halogens is 1. The summed E-state index contributed by atoms with van der Waals surface area (Å²) in [5.41, 5.74) is 2.82. The zero-order chi connectivity index (χ0) is 16.2. The Labute approximate surface area is 148 Å². The van der Waals surface area contributed by atoms with Gasteiger partial charge in [-0.1, -0.05) is 29.8 Å². The number of carbonyl (C=O) groups is 1. The maximum atomic E-state index is 12.2. The fourth-order valence-corrected chi connectivity index (χ4v) is 4.10. The first-order chi connectivity index (χ1) is 11.1. The van der Waals surface area contributed by atoms with E-state index in [0.29, 0.717) is 5.02 Å². The Morgan fingerprint density at radius 2 is 2.13 bits per heavy atom. The standard InChI is InChI=1S/C17H15ClN2OS2/c1-11(14-4-2-3-5-15(14)18)19-16(21)8-13-10-23-17(20-13)12-6-7-22-9-12/h2-7,9-11H,8H2,1H3,(H,19,21)/t11-/m0/s1. The van der Waals surface area contributed by atoms with Gasteiger partial charge in [0.25, 0.3) is 0 Å². The minimum Gasteiger partial charge on any atom is -0.349 e. The molecule has 1 atom stereocenters. The summed E-state index contributed by atoms with van der Waals surface area (Å²) < 4.78 is 0. The maximum Gasteiger partial charge on any atom is 0.226 e. The van der Waals surface area contributed by atoms with Crippen molar-refractivity contribution < 1.29 is 4.79 Å². The number of aromatic nitrogens is 1. The van der Waals surface area contributed by atoms with E-state index in [1.54, 1.807) is 22.7 Å². The van der Waals surface area contributed by atoms with Crippen LogP contribution in [-0.2, 0) is 11.2 Å². The Balaban J connectivity index is 1.62. The minimum absolute atomic E-state index is 0.0559. The number of benzene rings is 1. The van der Waals surface area contributed by atoms with E-state index in [-0.39, 0.29) is 18.4 Å². The second-order valence-electron chi connectivity index (χ2n) is 5.14. The molecule has 0 aliphatic carbocycles. The normalized spacial score (nSPS) is 12.1. The van der Waals surface area contributed by atoms with Crippen molar-refractivity contribution in [1.82, 2.24) is 10.3 Å². The van der Waals surface area contributed by atoms with Gasteiger partial charge in [0, 0.05) is 21.3 Å². The number of hydrogen-bond donors (Lipinski definition) is 1. The number of nitrogens with one attached hydrogen (secondary N) is 1. The highest BCUT2D eigenvalue weighted by molar-refractivity contribution is 7.14. The van der Waals surface area contributed by atoms with E-state index in [1.165, 1.54) is 0 Å². The lowest BCUT2D eigenvalue weighted by Gasteiger charge is -2.15. The van der Waals surface area contributed by atoms with Crippen LogP contribution >= 0.6 is 34.3 Å². The van der Waals surface area contributed by atoms with Gasteiger partial charge in [-0.25, -0.2) is 4.98 Å². The summed E-state index contributed by atoms with van der Waals surface area (Å²) in [7, 11) is 0. The molecule has 3 aromatic rings. The minimum atomic E-state index is -0.133. The van der Waals surface area contributed by atoms with Crippen molar-refractivity contribution in [1.29, 1.82) is 0 Å². The number of hydrogen-bond acceptors (Lipinski definition) is 4. The number of rotatable bonds is 5. The summed E-state index contributed by atoms with van der Waals surface area (Å²) in [6.45, 7) is 1.93. The predicted molar refractivity (Wildman–Crippen MR) is 97.1 cm³/mol. The summed E-state index contributed by atoms with van der Waals surface area (Å²) in [6, 6.07) is 9.44. The smallest absolute Gasteiger partial charge is 0.226 e. The van der Waals surface area contributed by atoms with E-state index in [9.17, 15) is 4.79 Å². The monoisotopic (exact) mass is 362 g/mol. The SMILES string of the molecule is C[C@H](NC(=O)Cc1csc(-c2ccsc2)n1)c1ccccc1Cl. The molecule has 0 unspecified atom stereocenters. The molecule has 2 aromatic heterocycles. The van der Waals surface area contributed by atoms with Gasteiger partial charge in [-0.3, -0.25) is 4.79 Å². The molecule has 0 radical (unpaired) electrons. The predicted octanol–water partition coefficient (Wildman–Crippen LogP) is 4.94. The van der Waals surface area contributed by atoms with E-state index in [2.05, 4.69) is 15.7 Å². The van der Waals surface area contributed by atoms with E-state index in [0.717, 1.165) is 21.8 Å². The maximum absolute atomic E-state index is 12.2. The van der Waals surface area contributed by atoms with Gasteiger partial charge in [0.2, 0.25) is 5.91 Å². The average molecular weight is 363 g/mol. The van der Waals surface area contributed by atoms with Gasteiger partial charge in [-0.2, -0.15) is 11.3 Å². The first-order valence-electron chi connectivity index (χ1n) is 7.14. The fourth-order valence-electron chi connectivity index (χ4n) is 2.27. The molecule has 118 valence electrons. The summed E-state index contributed by atoms with van der Waals surface area (Å²) in [6.07, 6.45) is 0.273. The zero-order valence-corrected chi connectivity index (χ0v) is 14.8. The van der Waals surface area contributed by atoms with E-state index in [4.69, 9.17) is 11.6 Å².